The monoisotopic (exact) mass is 457 g/mol. The molecule has 22 heavy (non-hydrogen) atoms. The highest BCUT2D eigenvalue weighted by atomic mass is 127. The number of nitriles is 2. The van der Waals surface area contributed by atoms with Crippen LogP contribution in [-0.4, -0.2) is 5.71 Å². The minimum Gasteiger partial charge on any atom is -0.190 e. The van der Waals surface area contributed by atoms with Gasteiger partial charge in [-0.1, -0.05) is 23.2 Å². The molecular formula is C12H3Cl2F3IN4+. The maximum Gasteiger partial charge on any atom is 0.416 e. The van der Waals surface area contributed by atoms with Crippen LogP contribution in [0.3, 0.4) is 0 Å². The van der Waals surface area contributed by atoms with Crippen LogP contribution in [0, 0.1) is 22.8 Å². The van der Waals surface area contributed by atoms with Gasteiger partial charge in [0.25, 0.3) is 0 Å². The van der Waals surface area contributed by atoms with Gasteiger partial charge < -0.3 is 0 Å². The number of nitrogens with zero attached hydrogens (tertiary/aromatic N) is 4. The second-order valence-corrected chi connectivity index (χ2v) is 6.09. The first kappa shape index (κ1) is 17.0. The summed E-state index contributed by atoms with van der Waals surface area (Å²) < 4.78 is 37.7. The highest BCUT2D eigenvalue weighted by molar-refractivity contribution is 14.1. The fourth-order valence-corrected chi connectivity index (χ4v) is 3.18. The molecule has 1 aromatic rings. The molecule has 0 aliphatic carbocycles. The molecule has 0 radical (unpaired) electrons. The predicted molar refractivity (Wildman–Crippen MR) is 84.0 cm³/mol. The SMILES string of the molecule is N#CC1=N[N+](C#N)(c2c(Cl)cc(C(F)(F)F)cc2Cl)C=C1I. The molecule has 2 rings (SSSR count). The molecule has 112 valence electrons. The van der Waals surface area contributed by atoms with Gasteiger partial charge in [0.2, 0.25) is 11.4 Å². The Hall–Kier alpha value is -1.33. The highest BCUT2D eigenvalue weighted by Gasteiger charge is 2.43. The first-order valence-corrected chi connectivity index (χ1v) is 7.24. The summed E-state index contributed by atoms with van der Waals surface area (Å²) in [5, 5.41) is 21.5. The van der Waals surface area contributed by atoms with Gasteiger partial charge in [0.15, 0.2) is 6.20 Å². The Labute approximate surface area is 146 Å². The molecule has 0 aromatic heterocycles. The normalized spacial score (nSPS) is 20.9. The Morgan fingerprint density at radius 2 is 1.73 bits per heavy atom. The smallest absolute Gasteiger partial charge is 0.190 e. The van der Waals surface area contributed by atoms with Gasteiger partial charge in [0.05, 0.1) is 5.56 Å². The van der Waals surface area contributed by atoms with Crippen molar-refractivity contribution in [3.05, 3.63) is 37.5 Å². The van der Waals surface area contributed by atoms with Gasteiger partial charge in [-0.25, -0.2) is 0 Å². The number of alkyl halides is 3. The minimum atomic E-state index is -4.63. The Balaban J connectivity index is 2.72. The van der Waals surface area contributed by atoms with Crippen LogP contribution in [0.1, 0.15) is 5.56 Å². The van der Waals surface area contributed by atoms with Crippen molar-refractivity contribution in [3.8, 4) is 12.3 Å². The lowest BCUT2D eigenvalue weighted by molar-refractivity contribution is -0.137. The number of rotatable bonds is 1. The Morgan fingerprint density at radius 1 is 1.18 bits per heavy atom. The van der Waals surface area contributed by atoms with Gasteiger partial charge in [-0.15, -0.1) is 5.26 Å². The van der Waals surface area contributed by atoms with Crippen molar-refractivity contribution in [2.24, 2.45) is 5.10 Å². The zero-order valence-corrected chi connectivity index (χ0v) is 14.0. The summed E-state index contributed by atoms with van der Waals surface area (Å²) in [5.74, 6) is 0. The Bertz CT molecular complexity index is 781. The van der Waals surface area contributed by atoms with E-state index in [1.54, 1.807) is 34.9 Å². The van der Waals surface area contributed by atoms with Crippen LogP contribution in [0.4, 0.5) is 18.9 Å². The average Bonchev–Trinajstić information content (AvgIpc) is 2.74. The molecule has 1 aromatic carbocycles. The lowest BCUT2D eigenvalue weighted by atomic mass is 10.2. The van der Waals surface area contributed by atoms with Crippen molar-refractivity contribution in [2.75, 3.05) is 0 Å². The van der Waals surface area contributed by atoms with E-state index >= 15 is 0 Å². The average molecular weight is 458 g/mol. The molecule has 0 bridgehead atoms. The maximum absolute atomic E-state index is 12.7. The molecule has 1 heterocycles. The summed E-state index contributed by atoms with van der Waals surface area (Å²) in [5.41, 5.74) is -1.21. The van der Waals surface area contributed by atoms with Gasteiger partial charge in [-0.3, -0.25) is 0 Å². The fourth-order valence-electron chi connectivity index (χ4n) is 1.81. The van der Waals surface area contributed by atoms with Crippen LogP contribution in [0.15, 0.2) is 27.0 Å². The summed E-state index contributed by atoms with van der Waals surface area (Å²) in [7, 11) is 0. The molecule has 0 spiro atoms. The standard InChI is InChI=1S/C12H3Cl2F3IN4/c13-7-1-6(12(15,16)17)2-8(14)11(7)22(5-20)4-9(18)10(3-19)21-22/h1-2,4H/q+1. The van der Waals surface area contributed by atoms with Crippen molar-refractivity contribution >= 4 is 57.2 Å². The third-order valence-electron chi connectivity index (χ3n) is 2.73. The fraction of sp³-hybridized carbons (Fsp3) is 0.0833. The van der Waals surface area contributed by atoms with Crippen LogP contribution >= 0.6 is 45.8 Å². The maximum atomic E-state index is 12.7. The highest BCUT2D eigenvalue weighted by Crippen LogP contribution is 2.45. The zero-order valence-electron chi connectivity index (χ0n) is 10.3. The van der Waals surface area contributed by atoms with Crippen molar-refractivity contribution in [2.45, 2.75) is 6.18 Å². The minimum absolute atomic E-state index is 0.0332. The summed E-state index contributed by atoms with van der Waals surface area (Å²) in [6, 6.07) is 3.12. The molecule has 1 aliphatic rings. The summed E-state index contributed by atoms with van der Waals surface area (Å²) in [6.07, 6.45) is -1.55. The predicted octanol–water partition coefficient (Wildman–Crippen LogP) is 4.97. The second kappa shape index (κ2) is 5.70. The molecule has 0 amide bonds. The van der Waals surface area contributed by atoms with E-state index in [0.717, 1.165) is 0 Å². The van der Waals surface area contributed by atoms with Crippen molar-refractivity contribution in [3.63, 3.8) is 0 Å². The third-order valence-corrected chi connectivity index (χ3v) is 4.09. The van der Waals surface area contributed by atoms with Gasteiger partial charge in [0.1, 0.15) is 19.7 Å². The van der Waals surface area contributed by atoms with Crippen molar-refractivity contribution in [1.29, 1.82) is 10.5 Å². The summed E-state index contributed by atoms with van der Waals surface area (Å²) in [6.45, 7) is 0. The molecule has 0 N–H and O–H groups in total. The van der Waals surface area contributed by atoms with Gasteiger partial charge in [0, 0.05) is 0 Å². The molecule has 0 saturated heterocycles. The Kier molecular flexibility index (Phi) is 4.42. The lowest BCUT2D eigenvalue weighted by Gasteiger charge is -2.18. The number of halogens is 6. The number of benzene rings is 1. The summed E-state index contributed by atoms with van der Waals surface area (Å²) >= 11 is 13.6. The lowest BCUT2D eigenvalue weighted by Crippen LogP contribution is -2.31. The summed E-state index contributed by atoms with van der Waals surface area (Å²) in [4.78, 5) is 0. The molecule has 1 aliphatic heterocycles. The van der Waals surface area contributed by atoms with Crippen molar-refractivity contribution in [1.82, 2.24) is 4.59 Å². The van der Waals surface area contributed by atoms with Crippen LogP contribution < -0.4 is 4.59 Å². The van der Waals surface area contributed by atoms with E-state index in [2.05, 4.69) is 5.10 Å². The second-order valence-electron chi connectivity index (χ2n) is 4.11. The van der Waals surface area contributed by atoms with Crippen LogP contribution in [0.25, 0.3) is 0 Å². The molecule has 0 saturated carbocycles. The third kappa shape index (κ3) is 2.79. The van der Waals surface area contributed by atoms with E-state index in [1.807, 2.05) is 0 Å². The zero-order chi connectivity index (χ0) is 16.7. The van der Waals surface area contributed by atoms with E-state index in [0.29, 0.717) is 15.7 Å². The van der Waals surface area contributed by atoms with Crippen LogP contribution in [0.2, 0.25) is 10.0 Å². The first-order valence-electron chi connectivity index (χ1n) is 5.40. The molecule has 1 atom stereocenters. The van der Waals surface area contributed by atoms with E-state index < -0.39 is 16.3 Å². The Morgan fingerprint density at radius 3 is 2.09 bits per heavy atom. The van der Waals surface area contributed by atoms with Gasteiger partial charge >= 0.3 is 12.4 Å². The number of hydrogen-bond acceptors (Lipinski definition) is 3. The molecule has 1 unspecified atom stereocenters. The van der Waals surface area contributed by atoms with Gasteiger partial charge in [-0.2, -0.15) is 18.4 Å². The number of hydrogen-bond donors (Lipinski definition) is 0. The first-order chi connectivity index (χ1) is 10.1. The van der Waals surface area contributed by atoms with E-state index in [9.17, 15) is 18.4 Å². The molecule has 4 nitrogen and oxygen atoms in total. The van der Waals surface area contributed by atoms with Crippen LogP contribution in [-0.2, 0) is 6.18 Å². The number of quaternary nitrogens is 1. The topological polar surface area (TPSA) is 59.9 Å². The largest absolute Gasteiger partial charge is 0.416 e. The quantitative estimate of drug-likeness (QED) is 0.339. The number of allylic oxidation sites excluding steroid dienone is 1. The van der Waals surface area contributed by atoms with E-state index in [-0.39, 0.29) is 21.4 Å². The molecule has 0 fully saturated rings. The van der Waals surface area contributed by atoms with Crippen LogP contribution in [0.5, 0.6) is 0 Å². The molecule has 10 heteroatoms. The van der Waals surface area contributed by atoms with Gasteiger partial charge in [-0.05, 0) is 44.4 Å². The molecular weight excluding hydrogens is 455 g/mol. The van der Waals surface area contributed by atoms with E-state index in [4.69, 9.17) is 28.5 Å². The van der Waals surface area contributed by atoms with Crippen molar-refractivity contribution < 1.29 is 13.2 Å². The van der Waals surface area contributed by atoms with E-state index in [1.165, 1.54) is 6.20 Å².